The van der Waals surface area contributed by atoms with E-state index >= 15 is 0 Å². The molecule has 1 amide bonds. The molecule has 0 saturated carbocycles. The van der Waals surface area contributed by atoms with Gasteiger partial charge in [0.25, 0.3) is 5.91 Å². The summed E-state index contributed by atoms with van der Waals surface area (Å²) >= 11 is 0. The van der Waals surface area contributed by atoms with Gasteiger partial charge in [-0.05, 0) is 54.8 Å². The number of nitrogens with one attached hydrogen (secondary N) is 2. The van der Waals surface area contributed by atoms with Crippen molar-refractivity contribution >= 4 is 17.3 Å². The van der Waals surface area contributed by atoms with E-state index in [0.717, 1.165) is 24.2 Å². The van der Waals surface area contributed by atoms with Crippen LogP contribution in [0.5, 0.6) is 0 Å². The molecular formula is C21H20FN3O. The Bertz CT molecular complexity index is 851. The summed E-state index contributed by atoms with van der Waals surface area (Å²) in [5.74, 6) is -0.498. The zero-order valence-electron chi connectivity index (χ0n) is 14.3. The van der Waals surface area contributed by atoms with Gasteiger partial charge >= 0.3 is 0 Å². The maximum Gasteiger partial charge on any atom is 0.269 e. The molecule has 2 aromatic carbocycles. The minimum absolute atomic E-state index is 0.208. The lowest BCUT2D eigenvalue weighted by Crippen LogP contribution is -2.25. The van der Waals surface area contributed by atoms with Crippen LogP contribution in [-0.4, -0.2) is 17.4 Å². The topological polar surface area (TPSA) is 54.0 Å². The molecule has 0 radical (unpaired) electrons. The Hall–Kier alpha value is -3.21. The molecule has 0 aliphatic rings. The Labute approximate surface area is 152 Å². The molecule has 0 atom stereocenters. The highest BCUT2D eigenvalue weighted by atomic mass is 19.1. The summed E-state index contributed by atoms with van der Waals surface area (Å²) in [5.41, 5.74) is 3.06. The fourth-order valence-corrected chi connectivity index (χ4v) is 2.56. The summed E-state index contributed by atoms with van der Waals surface area (Å²) in [6.45, 7) is 0.588. The van der Waals surface area contributed by atoms with Gasteiger partial charge in [-0.25, -0.2) is 4.39 Å². The highest BCUT2D eigenvalue weighted by Crippen LogP contribution is 2.17. The van der Waals surface area contributed by atoms with Crippen LogP contribution in [0.15, 0.2) is 72.9 Å². The number of anilines is 2. The molecule has 0 saturated heterocycles. The molecule has 0 aliphatic carbocycles. The van der Waals surface area contributed by atoms with Crippen LogP contribution in [0.25, 0.3) is 0 Å². The van der Waals surface area contributed by atoms with Crippen molar-refractivity contribution in [2.24, 2.45) is 0 Å². The number of nitrogens with zero attached hydrogens (tertiary/aromatic N) is 1. The molecule has 3 aromatic rings. The van der Waals surface area contributed by atoms with Gasteiger partial charge in [-0.3, -0.25) is 9.78 Å². The van der Waals surface area contributed by atoms with Crippen molar-refractivity contribution in [1.29, 1.82) is 0 Å². The summed E-state index contributed by atoms with van der Waals surface area (Å²) in [6, 6.07) is 19.6. The van der Waals surface area contributed by atoms with Crippen molar-refractivity contribution in [3.8, 4) is 0 Å². The van der Waals surface area contributed by atoms with Gasteiger partial charge in [0.05, 0.1) is 0 Å². The molecule has 4 nitrogen and oxygen atoms in total. The largest absolute Gasteiger partial charge is 0.355 e. The molecule has 0 unspecified atom stereocenters. The van der Waals surface area contributed by atoms with E-state index in [1.165, 1.54) is 17.7 Å². The summed E-state index contributed by atoms with van der Waals surface area (Å²) in [5, 5.41) is 6.02. The summed E-state index contributed by atoms with van der Waals surface area (Å²) in [6.07, 6.45) is 3.36. The van der Waals surface area contributed by atoms with Gasteiger partial charge in [0.15, 0.2) is 0 Å². The van der Waals surface area contributed by atoms with Crippen LogP contribution in [0.3, 0.4) is 0 Å². The Kier molecular flexibility index (Phi) is 5.93. The van der Waals surface area contributed by atoms with Gasteiger partial charge in [-0.15, -0.1) is 0 Å². The Morgan fingerprint density at radius 2 is 1.73 bits per heavy atom. The SMILES string of the molecule is O=C(NCCCc1ccccc1)c1cc(Nc2ccc(F)cc2)ccn1. The second-order valence-corrected chi connectivity index (χ2v) is 5.91. The minimum Gasteiger partial charge on any atom is -0.355 e. The van der Waals surface area contributed by atoms with E-state index in [1.807, 2.05) is 18.2 Å². The van der Waals surface area contributed by atoms with Gasteiger partial charge in [0.1, 0.15) is 11.5 Å². The first-order valence-corrected chi connectivity index (χ1v) is 8.51. The van der Waals surface area contributed by atoms with Crippen LogP contribution < -0.4 is 10.6 Å². The molecule has 2 N–H and O–H groups in total. The van der Waals surface area contributed by atoms with E-state index in [2.05, 4.69) is 27.8 Å². The van der Waals surface area contributed by atoms with Gasteiger partial charge in [0, 0.05) is 24.1 Å². The molecule has 3 rings (SSSR count). The number of rotatable bonds is 7. The fourth-order valence-electron chi connectivity index (χ4n) is 2.56. The van der Waals surface area contributed by atoms with Crippen molar-refractivity contribution in [1.82, 2.24) is 10.3 Å². The van der Waals surface area contributed by atoms with Crippen LogP contribution in [0.2, 0.25) is 0 Å². The first-order valence-electron chi connectivity index (χ1n) is 8.51. The summed E-state index contributed by atoms with van der Waals surface area (Å²) in [7, 11) is 0. The van der Waals surface area contributed by atoms with Gasteiger partial charge in [0.2, 0.25) is 0 Å². The van der Waals surface area contributed by atoms with Crippen LogP contribution in [0.1, 0.15) is 22.5 Å². The standard InChI is InChI=1S/C21H20FN3O/c22-17-8-10-18(11-9-17)25-19-12-14-23-20(15-19)21(26)24-13-4-7-16-5-2-1-3-6-16/h1-3,5-6,8-12,14-15H,4,7,13H2,(H,23,25)(H,24,26). The van der Waals surface area contributed by atoms with Crippen LogP contribution >= 0.6 is 0 Å². The fraction of sp³-hybridized carbons (Fsp3) is 0.143. The third kappa shape index (κ3) is 5.14. The molecule has 26 heavy (non-hydrogen) atoms. The number of benzene rings is 2. The maximum absolute atomic E-state index is 13.0. The van der Waals surface area contributed by atoms with E-state index < -0.39 is 0 Å². The Morgan fingerprint density at radius 3 is 2.50 bits per heavy atom. The number of hydrogen-bond donors (Lipinski definition) is 2. The molecule has 0 spiro atoms. The number of carbonyl (C=O) groups excluding carboxylic acids is 1. The zero-order valence-corrected chi connectivity index (χ0v) is 14.3. The van der Waals surface area contributed by atoms with Crippen LogP contribution in [0.4, 0.5) is 15.8 Å². The average Bonchev–Trinajstić information content (AvgIpc) is 2.68. The van der Waals surface area contributed by atoms with Crippen LogP contribution in [-0.2, 0) is 6.42 Å². The lowest BCUT2D eigenvalue weighted by Gasteiger charge is -2.09. The first kappa shape index (κ1) is 17.6. The number of pyridine rings is 1. The highest BCUT2D eigenvalue weighted by molar-refractivity contribution is 5.93. The lowest BCUT2D eigenvalue weighted by atomic mass is 10.1. The molecule has 1 aromatic heterocycles. The average molecular weight is 349 g/mol. The van der Waals surface area contributed by atoms with Crippen molar-refractivity contribution in [2.45, 2.75) is 12.8 Å². The summed E-state index contributed by atoms with van der Waals surface area (Å²) in [4.78, 5) is 16.4. The van der Waals surface area contributed by atoms with E-state index in [-0.39, 0.29) is 11.7 Å². The Balaban J connectivity index is 1.52. The third-order valence-corrected chi connectivity index (χ3v) is 3.90. The molecule has 1 heterocycles. The van der Waals surface area contributed by atoms with Crippen molar-refractivity contribution in [3.05, 3.63) is 90.0 Å². The summed E-state index contributed by atoms with van der Waals surface area (Å²) < 4.78 is 13.0. The van der Waals surface area contributed by atoms with Gasteiger partial charge in [-0.1, -0.05) is 30.3 Å². The molecule has 5 heteroatoms. The highest BCUT2D eigenvalue weighted by Gasteiger charge is 2.07. The molecule has 132 valence electrons. The minimum atomic E-state index is -0.291. The molecular weight excluding hydrogens is 329 g/mol. The smallest absolute Gasteiger partial charge is 0.269 e. The monoisotopic (exact) mass is 349 g/mol. The van der Waals surface area contributed by atoms with E-state index in [0.29, 0.717) is 12.2 Å². The number of amides is 1. The number of carbonyl (C=O) groups is 1. The molecule has 0 bridgehead atoms. The van der Waals surface area contributed by atoms with E-state index in [9.17, 15) is 9.18 Å². The predicted molar refractivity (Wildman–Crippen MR) is 101 cm³/mol. The lowest BCUT2D eigenvalue weighted by molar-refractivity contribution is 0.0948. The van der Waals surface area contributed by atoms with Gasteiger partial charge in [-0.2, -0.15) is 0 Å². The van der Waals surface area contributed by atoms with E-state index in [1.54, 1.807) is 30.5 Å². The first-order chi connectivity index (χ1) is 12.7. The molecule has 0 aliphatic heterocycles. The quantitative estimate of drug-likeness (QED) is 0.624. The number of halogens is 1. The van der Waals surface area contributed by atoms with Gasteiger partial charge < -0.3 is 10.6 Å². The second-order valence-electron chi connectivity index (χ2n) is 5.91. The Morgan fingerprint density at radius 1 is 0.962 bits per heavy atom. The number of aryl methyl sites for hydroxylation is 1. The third-order valence-electron chi connectivity index (χ3n) is 3.90. The second kappa shape index (κ2) is 8.76. The predicted octanol–water partition coefficient (Wildman–Crippen LogP) is 4.33. The van der Waals surface area contributed by atoms with Crippen molar-refractivity contribution in [3.63, 3.8) is 0 Å². The maximum atomic E-state index is 13.0. The van der Waals surface area contributed by atoms with Crippen molar-refractivity contribution < 1.29 is 9.18 Å². The number of hydrogen-bond acceptors (Lipinski definition) is 3. The van der Waals surface area contributed by atoms with Crippen molar-refractivity contribution in [2.75, 3.05) is 11.9 Å². The number of aromatic nitrogens is 1. The van der Waals surface area contributed by atoms with Crippen LogP contribution in [0, 0.1) is 5.82 Å². The zero-order chi connectivity index (χ0) is 18.2. The molecule has 0 fully saturated rings. The van der Waals surface area contributed by atoms with E-state index in [4.69, 9.17) is 0 Å². The normalized spacial score (nSPS) is 10.3.